The number of hydrogen-bond donors (Lipinski definition) is 0. The van der Waals surface area contributed by atoms with Gasteiger partial charge in [-0.25, -0.2) is 0 Å². The molecule has 0 radical (unpaired) electrons. The lowest BCUT2D eigenvalue weighted by molar-refractivity contribution is 0.0720. The molecule has 4 rings (SSSR count). The molecule has 1 amide bonds. The summed E-state index contributed by atoms with van der Waals surface area (Å²) in [6, 6.07) is 11.8. The fourth-order valence-electron chi connectivity index (χ4n) is 4.36. The largest absolute Gasteiger partial charge is 0.497 e. The van der Waals surface area contributed by atoms with Crippen LogP contribution in [0.4, 0.5) is 0 Å². The van der Waals surface area contributed by atoms with Crippen molar-refractivity contribution in [2.24, 2.45) is 0 Å². The Kier molecular flexibility index (Phi) is 6.53. The summed E-state index contributed by atoms with van der Waals surface area (Å²) in [5.41, 5.74) is 1.36. The Morgan fingerprint density at radius 3 is 2.47 bits per heavy atom. The molecule has 1 aliphatic rings. The van der Waals surface area contributed by atoms with Crippen molar-refractivity contribution in [3.63, 3.8) is 0 Å². The topological polar surface area (TPSA) is 63.0 Å². The fourth-order valence-corrected chi connectivity index (χ4v) is 4.53. The number of hydrogen-bond acceptors (Lipinski definition) is 5. The number of ether oxygens (including phenoxy) is 1. The molecule has 0 saturated carbocycles. The Balaban J connectivity index is 1.79. The predicted molar refractivity (Wildman–Crippen MR) is 126 cm³/mol. The van der Waals surface area contributed by atoms with Crippen LogP contribution in [0, 0.1) is 0 Å². The number of halogens is 1. The molecule has 3 aromatic rings. The van der Waals surface area contributed by atoms with Gasteiger partial charge in [0.15, 0.2) is 5.43 Å². The monoisotopic (exact) mass is 454 g/mol. The molecule has 32 heavy (non-hydrogen) atoms. The second-order valence-electron chi connectivity index (χ2n) is 7.87. The minimum Gasteiger partial charge on any atom is -0.497 e. The summed E-state index contributed by atoms with van der Waals surface area (Å²) >= 11 is 6.13. The van der Waals surface area contributed by atoms with Gasteiger partial charge in [0.2, 0.25) is 5.76 Å². The number of fused-ring (bicyclic) bond motifs is 2. The molecule has 168 valence electrons. The molecule has 1 atom stereocenters. The van der Waals surface area contributed by atoms with Crippen LogP contribution in [0.2, 0.25) is 5.02 Å². The molecular weight excluding hydrogens is 428 g/mol. The summed E-state index contributed by atoms with van der Waals surface area (Å²) in [6.45, 7) is 7.56. The molecule has 1 unspecified atom stereocenters. The molecule has 0 saturated heterocycles. The van der Waals surface area contributed by atoms with Crippen molar-refractivity contribution in [1.82, 2.24) is 9.80 Å². The summed E-state index contributed by atoms with van der Waals surface area (Å²) < 4.78 is 11.2. The van der Waals surface area contributed by atoms with Gasteiger partial charge in [0.1, 0.15) is 11.3 Å². The zero-order valence-electron chi connectivity index (χ0n) is 18.6. The summed E-state index contributed by atoms with van der Waals surface area (Å²) in [5.74, 6) is 0.575. The highest BCUT2D eigenvalue weighted by Crippen LogP contribution is 2.38. The van der Waals surface area contributed by atoms with Crippen molar-refractivity contribution < 1.29 is 13.9 Å². The quantitative estimate of drug-likeness (QED) is 0.492. The van der Waals surface area contributed by atoms with Gasteiger partial charge in [-0.05, 0) is 62.0 Å². The van der Waals surface area contributed by atoms with Crippen LogP contribution in [0.3, 0.4) is 0 Å². The van der Waals surface area contributed by atoms with Gasteiger partial charge in [-0.15, -0.1) is 0 Å². The number of rotatable bonds is 8. The molecule has 0 fully saturated rings. The van der Waals surface area contributed by atoms with E-state index in [1.165, 1.54) is 0 Å². The van der Waals surface area contributed by atoms with E-state index < -0.39 is 6.04 Å². The normalized spacial score (nSPS) is 15.6. The maximum Gasteiger partial charge on any atom is 0.290 e. The van der Waals surface area contributed by atoms with E-state index in [1.807, 2.05) is 24.3 Å². The van der Waals surface area contributed by atoms with Crippen LogP contribution in [0.25, 0.3) is 11.0 Å². The molecule has 7 heteroatoms. The van der Waals surface area contributed by atoms with Crippen molar-refractivity contribution in [2.75, 3.05) is 33.3 Å². The van der Waals surface area contributed by atoms with Gasteiger partial charge in [0, 0.05) is 11.6 Å². The highest BCUT2D eigenvalue weighted by atomic mass is 35.5. The van der Waals surface area contributed by atoms with E-state index in [2.05, 4.69) is 18.7 Å². The van der Waals surface area contributed by atoms with Crippen molar-refractivity contribution in [3.8, 4) is 5.75 Å². The van der Waals surface area contributed by atoms with Gasteiger partial charge in [0.05, 0.1) is 24.1 Å². The van der Waals surface area contributed by atoms with Crippen LogP contribution in [0.15, 0.2) is 51.7 Å². The van der Waals surface area contributed by atoms with E-state index in [9.17, 15) is 9.59 Å². The highest BCUT2D eigenvalue weighted by molar-refractivity contribution is 6.31. The molecule has 6 nitrogen and oxygen atoms in total. The van der Waals surface area contributed by atoms with Crippen molar-refractivity contribution in [2.45, 2.75) is 26.3 Å². The van der Waals surface area contributed by atoms with Crippen LogP contribution in [-0.4, -0.2) is 49.0 Å². The maximum absolute atomic E-state index is 13.5. The van der Waals surface area contributed by atoms with E-state index in [-0.39, 0.29) is 17.1 Å². The van der Waals surface area contributed by atoms with Gasteiger partial charge in [-0.1, -0.05) is 37.6 Å². The Hall–Kier alpha value is -2.83. The third-order valence-corrected chi connectivity index (χ3v) is 6.36. The Bertz CT molecular complexity index is 1190. The Morgan fingerprint density at radius 2 is 1.81 bits per heavy atom. The summed E-state index contributed by atoms with van der Waals surface area (Å²) in [6.07, 6.45) is 0.799. The molecule has 0 spiro atoms. The number of carbonyl (C=O) groups is 1. The average molecular weight is 455 g/mol. The maximum atomic E-state index is 13.5. The van der Waals surface area contributed by atoms with Crippen molar-refractivity contribution >= 4 is 28.5 Å². The summed E-state index contributed by atoms with van der Waals surface area (Å²) in [7, 11) is 1.60. The molecule has 2 heterocycles. The first-order chi connectivity index (χ1) is 15.5. The van der Waals surface area contributed by atoms with Crippen LogP contribution in [-0.2, 0) is 0 Å². The van der Waals surface area contributed by atoms with E-state index >= 15 is 0 Å². The zero-order valence-corrected chi connectivity index (χ0v) is 19.3. The van der Waals surface area contributed by atoms with E-state index in [4.69, 9.17) is 20.8 Å². The second-order valence-corrected chi connectivity index (χ2v) is 8.31. The Morgan fingerprint density at radius 1 is 1.09 bits per heavy atom. The van der Waals surface area contributed by atoms with E-state index in [0.29, 0.717) is 33.8 Å². The summed E-state index contributed by atoms with van der Waals surface area (Å²) in [5, 5.41) is 0.832. The van der Waals surface area contributed by atoms with Crippen molar-refractivity contribution in [1.29, 1.82) is 0 Å². The van der Waals surface area contributed by atoms with Crippen LogP contribution >= 0.6 is 11.6 Å². The molecule has 0 N–H and O–H groups in total. The number of amides is 1. The minimum absolute atomic E-state index is 0.119. The van der Waals surface area contributed by atoms with E-state index in [1.54, 1.807) is 30.2 Å². The van der Waals surface area contributed by atoms with Crippen molar-refractivity contribution in [3.05, 3.63) is 74.6 Å². The first kappa shape index (κ1) is 22.4. The molecule has 1 aliphatic heterocycles. The fraction of sp³-hybridized carbons (Fsp3) is 0.360. The van der Waals surface area contributed by atoms with Gasteiger partial charge < -0.3 is 19.0 Å². The molecule has 2 aromatic carbocycles. The van der Waals surface area contributed by atoms with Crippen LogP contribution in [0.1, 0.15) is 48.0 Å². The third kappa shape index (κ3) is 4.00. The number of nitrogens with zero attached hydrogens (tertiary/aromatic N) is 2. The van der Waals surface area contributed by atoms with E-state index in [0.717, 1.165) is 31.6 Å². The second kappa shape index (κ2) is 9.35. The summed E-state index contributed by atoms with van der Waals surface area (Å²) in [4.78, 5) is 31.0. The number of methoxy groups -OCH3 is 1. The van der Waals surface area contributed by atoms with Gasteiger partial charge in [-0.3, -0.25) is 9.59 Å². The number of carbonyl (C=O) groups excluding carboxylic acids is 1. The lowest BCUT2D eigenvalue weighted by atomic mass is 9.98. The van der Waals surface area contributed by atoms with Crippen LogP contribution in [0.5, 0.6) is 5.75 Å². The molecule has 0 aliphatic carbocycles. The van der Waals surface area contributed by atoms with Gasteiger partial charge in [-0.2, -0.15) is 0 Å². The smallest absolute Gasteiger partial charge is 0.290 e. The lowest BCUT2D eigenvalue weighted by Crippen LogP contribution is -2.33. The zero-order chi connectivity index (χ0) is 22.8. The SMILES string of the molecule is CCN(CC)CCCN1C(=O)c2oc3ccc(Cl)cc3c(=O)c2C1c1ccc(OC)cc1. The van der Waals surface area contributed by atoms with Gasteiger partial charge >= 0.3 is 0 Å². The molecular formula is C25H27ClN2O4. The first-order valence-electron chi connectivity index (χ1n) is 10.9. The lowest BCUT2D eigenvalue weighted by Gasteiger charge is -2.26. The first-order valence-corrected chi connectivity index (χ1v) is 11.3. The number of benzene rings is 2. The van der Waals surface area contributed by atoms with Gasteiger partial charge in [0.25, 0.3) is 5.91 Å². The molecule has 0 bridgehead atoms. The standard InChI is InChI=1S/C25H27ClN2O4/c1-4-27(5-2)13-6-14-28-22(16-7-10-18(31-3)11-8-16)21-23(29)19-15-17(26)9-12-20(19)32-24(21)25(28)30/h7-12,15,22H,4-6,13-14H2,1-3H3. The minimum atomic E-state index is -0.514. The average Bonchev–Trinajstić information content (AvgIpc) is 3.09. The predicted octanol–water partition coefficient (Wildman–Crippen LogP) is 4.73. The van der Waals surface area contributed by atoms with Crippen LogP contribution < -0.4 is 10.2 Å². The highest BCUT2D eigenvalue weighted by Gasteiger charge is 2.42. The third-order valence-electron chi connectivity index (χ3n) is 6.13. The Labute approximate surface area is 192 Å². The molecule has 1 aromatic heterocycles.